The minimum Gasteiger partial charge on any atom is -0.443 e. The zero-order valence-corrected chi connectivity index (χ0v) is 17.3. The number of amides is 1. The second kappa shape index (κ2) is 7.01. The van der Waals surface area contributed by atoms with Crippen LogP contribution in [0, 0.1) is 12.8 Å². The Labute approximate surface area is 172 Å². The highest BCUT2D eigenvalue weighted by Crippen LogP contribution is 2.33. The molecule has 3 aromatic rings. The lowest BCUT2D eigenvalue weighted by Gasteiger charge is -2.44. The predicted molar refractivity (Wildman–Crippen MR) is 112 cm³/mol. The summed E-state index contributed by atoms with van der Waals surface area (Å²) in [5.41, 5.74) is 5.00. The van der Waals surface area contributed by atoms with Crippen molar-refractivity contribution >= 4 is 32.9 Å². The van der Waals surface area contributed by atoms with E-state index in [4.69, 9.17) is 4.42 Å². The third-order valence-electron chi connectivity index (χ3n) is 6.23. The van der Waals surface area contributed by atoms with Gasteiger partial charge in [0.05, 0.1) is 5.56 Å². The molecule has 1 amide bonds. The van der Waals surface area contributed by atoms with E-state index < -0.39 is 0 Å². The number of hydrogen-bond acceptors (Lipinski definition) is 4. The molecule has 1 unspecified atom stereocenters. The molecule has 2 bridgehead atoms. The Morgan fingerprint density at radius 1 is 1.29 bits per heavy atom. The molecule has 0 aliphatic carbocycles. The number of halogens is 1. The fourth-order valence-corrected chi connectivity index (χ4v) is 4.96. The molecule has 1 N–H and O–H groups in total. The maximum absolute atomic E-state index is 13.2. The SMILES string of the molecule is Cc1c(Br)cccc1-c1cc(C(=O)NC2CN3CCC2CC3)c2ncoc2c1. The van der Waals surface area contributed by atoms with E-state index in [2.05, 4.69) is 44.1 Å². The van der Waals surface area contributed by atoms with E-state index in [0.29, 0.717) is 22.6 Å². The standard InChI is InChI=1S/C22H22BrN3O2/c1-13-16(3-2-4-18(13)23)15-9-17(21-20(10-15)28-12-24-21)22(27)25-19-11-26-7-5-14(19)6-8-26/h2-4,9-10,12,14,19H,5-8,11H2,1H3,(H,25,27). The third-order valence-corrected chi connectivity index (χ3v) is 7.09. The van der Waals surface area contributed by atoms with Crippen LogP contribution < -0.4 is 5.32 Å². The molecule has 0 spiro atoms. The molecule has 4 heterocycles. The Morgan fingerprint density at radius 3 is 2.86 bits per heavy atom. The highest BCUT2D eigenvalue weighted by molar-refractivity contribution is 9.10. The number of carbonyl (C=O) groups excluding carboxylic acids is 1. The summed E-state index contributed by atoms with van der Waals surface area (Å²) in [5, 5.41) is 3.28. The maximum Gasteiger partial charge on any atom is 0.253 e. The molecule has 2 aromatic carbocycles. The smallest absolute Gasteiger partial charge is 0.253 e. The van der Waals surface area contributed by atoms with Gasteiger partial charge < -0.3 is 14.6 Å². The first-order valence-electron chi connectivity index (χ1n) is 9.76. The van der Waals surface area contributed by atoms with E-state index >= 15 is 0 Å². The van der Waals surface area contributed by atoms with Crippen LogP contribution in [0.5, 0.6) is 0 Å². The molecule has 3 aliphatic rings. The lowest BCUT2D eigenvalue weighted by atomic mass is 9.84. The summed E-state index contributed by atoms with van der Waals surface area (Å²) in [7, 11) is 0. The van der Waals surface area contributed by atoms with E-state index in [9.17, 15) is 4.79 Å². The van der Waals surface area contributed by atoms with Gasteiger partial charge in [-0.05, 0) is 73.7 Å². The fourth-order valence-electron chi connectivity index (χ4n) is 4.59. The number of hydrogen-bond donors (Lipinski definition) is 1. The fraction of sp³-hybridized carbons (Fsp3) is 0.364. The van der Waals surface area contributed by atoms with Crippen molar-refractivity contribution in [2.24, 2.45) is 5.92 Å². The van der Waals surface area contributed by atoms with E-state index in [1.807, 2.05) is 24.3 Å². The monoisotopic (exact) mass is 439 g/mol. The van der Waals surface area contributed by atoms with Crippen molar-refractivity contribution in [3.8, 4) is 11.1 Å². The van der Waals surface area contributed by atoms with Crippen molar-refractivity contribution in [2.75, 3.05) is 19.6 Å². The second-order valence-corrected chi connectivity index (χ2v) is 8.71. The number of nitrogens with zero attached hydrogens (tertiary/aromatic N) is 2. The quantitative estimate of drug-likeness (QED) is 0.657. The summed E-state index contributed by atoms with van der Waals surface area (Å²) < 4.78 is 6.61. The molecule has 3 saturated heterocycles. The van der Waals surface area contributed by atoms with Crippen molar-refractivity contribution in [3.63, 3.8) is 0 Å². The molecule has 3 fully saturated rings. The first-order chi connectivity index (χ1) is 13.6. The van der Waals surface area contributed by atoms with Gasteiger partial charge >= 0.3 is 0 Å². The molecule has 5 nitrogen and oxygen atoms in total. The van der Waals surface area contributed by atoms with Crippen LogP contribution in [-0.2, 0) is 0 Å². The van der Waals surface area contributed by atoms with Crippen LogP contribution in [0.1, 0.15) is 28.8 Å². The number of piperidine rings is 3. The molecule has 3 aliphatic heterocycles. The molecule has 6 rings (SSSR count). The van der Waals surface area contributed by atoms with Crippen LogP contribution >= 0.6 is 15.9 Å². The van der Waals surface area contributed by atoms with E-state index in [-0.39, 0.29) is 11.9 Å². The largest absolute Gasteiger partial charge is 0.443 e. The minimum atomic E-state index is -0.0628. The van der Waals surface area contributed by atoms with Crippen molar-refractivity contribution in [2.45, 2.75) is 25.8 Å². The van der Waals surface area contributed by atoms with Crippen LogP contribution in [0.3, 0.4) is 0 Å². The summed E-state index contributed by atoms with van der Waals surface area (Å²) >= 11 is 3.60. The topological polar surface area (TPSA) is 58.4 Å². The number of benzene rings is 2. The van der Waals surface area contributed by atoms with Gasteiger partial charge in [-0.25, -0.2) is 4.98 Å². The number of fused-ring (bicyclic) bond motifs is 4. The highest BCUT2D eigenvalue weighted by Gasteiger charge is 2.35. The first-order valence-corrected chi connectivity index (χ1v) is 10.6. The number of rotatable bonds is 3. The van der Waals surface area contributed by atoms with Gasteiger partial charge in [0, 0.05) is 17.1 Å². The van der Waals surface area contributed by atoms with Crippen LogP contribution in [0.2, 0.25) is 0 Å². The average molecular weight is 440 g/mol. The number of aromatic nitrogens is 1. The molecular formula is C22H22BrN3O2. The molecule has 1 atom stereocenters. The van der Waals surface area contributed by atoms with Crippen LogP contribution in [0.15, 0.2) is 45.6 Å². The third kappa shape index (κ3) is 3.05. The number of oxazole rings is 1. The number of carbonyl (C=O) groups is 1. The van der Waals surface area contributed by atoms with Crippen molar-refractivity contribution < 1.29 is 9.21 Å². The summed E-state index contributed by atoms with van der Waals surface area (Å²) in [6.45, 7) is 5.32. The number of nitrogens with one attached hydrogen (secondary N) is 1. The highest BCUT2D eigenvalue weighted by atomic mass is 79.9. The lowest BCUT2D eigenvalue weighted by molar-refractivity contribution is 0.0621. The second-order valence-electron chi connectivity index (χ2n) is 7.85. The zero-order valence-electron chi connectivity index (χ0n) is 15.7. The zero-order chi connectivity index (χ0) is 19.3. The van der Waals surface area contributed by atoms with Crippen molar-refractivity contribution in [3.05, 3.63) is 52.3 Å². The van der Waals surface area contributed by atoms with Gasteiger partial charge in [-0.2, -0.15) is 0 Å². The molecule has 6 heteroatoms. The summed E-state index contributed by atoms with van der Waals surface area (Å²) in [5.74, 6) is 0.518. The van der Waals surface area contributed by atoms with Crippen molar-refractivity contribution in [1.29, 1.82) is 0 Å². The normalized spacial score (nSPS) is 23.9. The minimum absolute atomic E-state index is 0.0628. The molecule has 0 radical (unpaired) electrons. The molecular weight excluding hydrogens is 418 g/mol. The van der Waals surface area contributed by atoms with Gasteiger partial charge in [0.2, 0.25) is 0 Å². The molecule has 144 valence electrons. The van der Waals surface area contributed by atoms with Crippen LogP contribution in [0.25, 0.3) is 22.2 Å². The first kappa shape index (κ1) is 17.9. The lowest BCUT2D eigenvalue weighted by Crippen LogP contribution is -2.57. The van der Waals surface area contributed by atoms with Gasteiger partial charge in [0.25, 0.3) is 5.91 Å². The van der Waals surface area contributed by atoms with Gasteiger partial charge in [0.1, 0.15) is 5.52 Å². The van der Waals surface area contributed by atoms with Crippen molar-refractivity contribution in [1.82, 2.24) is 15.2 Å². The maximum atomic E-state index is 13.2. The molecule has 28 heavy (non-hydrogen) atoms. The van der Waals surface area contributed by atoms with Gasteiger partial charge in [-0.3, -0.25) is 4.79 Å². The Balaban J connectivity index is 1.52. The Hall–Kier alpha value is -2.18. The summed E-state index contributed by atoms with van der Waals surface area (Å²) in [6, 6.07) is 10.2. The van der Waals surface area contributed by atoms with Gasteiger partial charge in [-0.15, -0.1) is 0 Å². The Kier molecular flexibility index (Phi) is 4.48. The van der Waals surface area contributed by atoms with E-state index in [1.165, 1.54) is 19.2 Å². The summed E-state index contributed by atoms with van der Waals surface area (Å²) in [4.78, 5) is 20.0. The van der Waals surface area contributed by atoms with Gasteiger partial charge in [-0.1, -0.05) is 28.1 Å². The summed E-state index contributed by atoms with van der Waals surface area (Å²) in [6.07, 6.45) is 3.75. The predicted octanol–water partition coefficient (Wildman–Crippen LogP) is 4.39. The van der Waals surface area contributed by atoms with E-state index in [1.54, 1.807) is 0 Å². The van der Waals surface area contributed by atoms with Crippen LogP contribution in [-0.4, -0.2) is 41.5 Å². The van der Waals surface area contributed by atoms with Crippen LogP contribution in [0.4, 0.5) is 0 Å². The molecule has 0 saturated carbocycles. The Morgan fingerprint density at radius 2 is 2.11 bits per heavy atom. The average Bonchev–Trinajstić information content (AvgIpc) is 3.19. The Bertz CT molecular complexity index is 1050. The van der Waals surface area contributed by atoms with E-state index in [0.717, 1.165) is 40.8 Å². The molecule has 1 aromatic heterocycles. The van der Waals surface area contributed by atoms with Gasteiger partial charge in [0.15, 0.2) is 12.0 Å².